The number of rotatable bonds is 5. The van der Waals surface area contributed by atoms with E-state index in [0.29, 0.717) is 4.70 Å². The Morgan fingerprint density at radius 3 is 2.55 bits per heavy atom. The van der Waals surface area contributed by atoms with Gasteiger partial charge in [0.25, 0.3) is 15.9 Å². The zero-order valence-corrected chi connectivity index (χ0v) is 18.5. The third kappa shape index (κ3) is 4.69. The molecular formula is C23H15F2N3O3S2. The van der Waals surface area contributed by atoms with E-state index in [9.17, 15) is 22.0 Å². The fourth-order valence-electron chi connectivity index (χ4n) is 3.11. The van der Waals surface area contributed by atoms with Gasteiger partial charge >= 0.3 is 0 Å². The summed E-state index contributed by atoms with van der Waals surface area (Å²) in [6.07, 6.45) is 5.41. The lowest BCUT2D eigenvalue weighted by Crippen LogP contribution is -2.17. The molecule has 0 spiro atoms. The van der Waals surface area contributed by atoms with Gasteiger partial charge in [-0.3, -0.25) is 9.52 Å². The summed E-state index contributed by atoms with van der Waals surface area (Å²) in [7, 11) is -3.99. The second-order valence-electron chi connectivity index (χ2n) is 6.82. The zero-order valence-electron chi connectivity index (χ0n) is 16.8. The van der Waals surface area contributed by atoms with Crippen molar-refractivity contribution in [2.24, 2.45) is 4.99 Å². The van der Waals surface area contributed by atoms with Crippen LogP contribution in [0.4, 0.5) is 14.5 Å². The van der Waals surface area contributed by atoms with Crippen LogP contribution in [-0.4, -0.2) is 18.9 Å². The number of nitrogens with one attached hydrogen (secondary N) is 1. The number of terminal acetylenes is 1. The first-order valence-electron chi connectivity index (χ1n) is 9.47. The van der Waals surface area contributed by atoms with Gasteiger partial charge < -0.3 is 4.57 Å². The first-order valence-corrected chi connectivity index (χ1v) is 11.8. The number of aromatic nitrogens is 1. The smallest absolute Gasteiger partial charge is 0.279 e. The van der Waals surface area contributed by atoms with Crippen LogP contribution in [0.5, 0.6) is 0 Å². The Labute approximate surface area is 191 Å². The van der Waals surface area contributed by atoms with Crippen molar-refractivity contribution in [3.63, 3.8) is 0 Å². The third-order valence-electron chi connectivity index (χ3n) is 4.58. The summed E-state index contributed by atoms with van der Waals surface area (Å²) in [5.41, 5.74) is 0.492. The first kappa shape index (κ1) is 22.4. The molecule has 0 fully saturated rings. The fraction of sp³-hybridized carbons (Fsp3) is 0.0435. The number of amides is 1. The maximum Gasteiger partial charge on any atom is 0.279 e. The number of sulfonamides is 1. The van der Waals surface area contributed by atoms with E-state index in [1.165, 1.54) is 34.9 Å². The van der Waals surface area contributed by atoms with E-state index in [-0.39, 0.29) is 33.0 Å². The molecular weight excluding hydrogens is 468 g/mol. The van der Waals surface area contributed by atoms with Crippen LogP contribution in [0.2, 0.25) is 0 Å². The number of benzene rings is 3. The van der Waals surface area contributed by atoms with Crippen LogP contribution in [0.3, 0.4) is 0 Å². The van der Waals surface area contributed by atoms with E-state index >= 15 is 0 Å². The molecule has 1 amide bonds. The van der Waals surface area contributed by atoms with E-state index in [1.54, 1.807) is 12.1 Å². The number of para-hydroxylation sites is 1. The number of anilines is 1. The average molecular weight is 484 g/mol. The predicted octanol–water partition coefficient (Wildman–Crippen LogP) is 4.16. The van der Waals surface area contributed by atoms with E-state index in [4.69, 9.17) is 6.42 Å². The number of carbonyl (C=O) groups excluding carboxylic acids is 1. The van der Waals surface area contributed by atoms with Gasteiger partial charge in [-0.05, 0) is 54.6 Å². The first-order chi connectivity index (χ1) is 15.8. The Bertz CT molecular complexity index is 1580. The molecule has 0 aliphatic heterocycles. The molecule has 0 saturated heterocycles. The second-order valence-corrected chi connectivity index (χ2v) is 9.51. The molecule has 4 aromatic rings. The number of halogens is 2. The summed E-state index contributed by atoms with van der Waals surface area (Å²) < 4.78 is 56.9. The third-order valence-corrected chi connectivity index (χ3v) is 7.02. The minimum Gasteiger partial charge on any atom is -0.302 e. The van der Waals surface area contributed by atoms with Crippen molar-refractivity contribution in [3.8, 4) is 12.3 Å². The van der Waals surface area contributed by atoms with Crippen molar-refractivity contribution in [3.05, 3.63) is 88.7 Å². The summed E-state index contributed by atoms with van der Waals surface area (Å²) >= 11 is 1.11. The summed E-state index contributed by atoms with van der Waals surface area (Å²) in [5.74, 6) is 0.726. The Balaban J connectivity index is 1.68. The van der Waals surface area contributed by atoms with Crippen LogP contribution >= 0.6 is 11.3 Å². The Morgan fingerprint density at radius 1 is 1.09 bits per heavy atom. The van der Waals surface area contributed by atoms with Crippen LogP contribution in [0.15, 0.2) is 76.6 Å². The lowest BCUT2D eigenvalue weighted by Gasteiger charge is -2.08. The predicted molar refractivity (Wildman–Crippen MR) is 122 cm³/mol. The largest absolute Gasteiger partial charge is 0.302 e. The van der Waals surface area contributed by atoms with Gasteiger partial charge in [-0.1, -0.05) is 29.4 Å². The Hall–Kier alpha value is -3.81. The highest BCUT2D eigenvalue weighted by atomic mass is 32.2. The number of hydrogen-bond donors (Lipinski definition) is 1. The Kier molecular flexibility index (Phi) is 6.09. The summed E-state index contributed by atoms with van der Waals surface area (Å²) in [5, 5.41) is 0. The molecule has 4 rings (SSSR count). The molecule has 1 aromatic heterocycles. The molecule has 0 unspecified atom stereocenters. The highest BCUT2D eigenvalue weighted by Gasteiger charge is 2.16. The molecule has 166 valence electrons. The molecule has 0 aliphatic carbocycles. The number of hydrogen-bond acceptors (Lipinski definition) is 4. The SMILES string of the molecule is C#CCn1c(=NC(=O)c2cccc(NS(=O)(=O)c3ccc(F)cc3)c2)sc2cccc(F)c21. The van der Waals surface area contributed by atoms with Crippen molar-refractivity contribution >= 4 is 43.2 Å². The van der Waals surface area contributed by atoms with Crippen LogP contribution in [0.1, 0.15) is 10.4 Å². The summed E-state index contributed by atoms with van der Waals surface area (Å²) in [6, 6.07) is 14.6. The molecule has 0 atom stereocenters. The van der Waals surface area contributed by atoms with Crippen LogP contribution in [-0.2, 0) is 16.6 Å². The van der Waals surface area contributed by atoms with Crippen LogP contribution < -0.4 is 9.52 Å². The van der Waals surface area contributed by atoms with Gasteiger partial charge in [0.1, 0.15) is 11.6 Å². The van der Waals surface area contributed by atoms with Crippen molar-refractivity contribution in [2.75, 3.05) is 4.72 Å². The van der Waals surface area contributed by atoms with Crippen LogP contribution in [0, 0.1) is 24.0 Å². The summed E-state index contributed by atoms with van der Waals surface area (Å²) in [6.45, 7) is 0.0184. The Morgan fingerprint density at radius 2 is 1.82 bits per heavy atom. The van der Waals surface area contributed by atoms with E-state index in [0.717, 1.165) is 35.6 Å². The van der Waals surface area contributed by atoms with Gasteiger partial charge in [0.15, 0.2) is 4.80 Å². The number of carbonyl (C=O) groups is 1. The molecule has 0 bridgehead atoms. The molecule has 10 heteroatoms. The van der Waals surface area contributed by atoms with Crippen molar-refractivity contribution in [2.45, 2.75) is 11.4 Å². The summed E-state index contributed by atoms with van der Waals surface area (Å²) in [4.78, 5) is 17.0. The van der Waals surface area contributed by atoms with Crippen molar-refractivity contribution in [1.29, 1.82) is 0 Å². The quantitative estimate of drug-likeness (QED) is 0.433. The molecule has 6 nitrogen and oxygen atoms in total. The van der Waals surface area contributed by atoms with E-state index < -0.39 is 27.6 Å². The lowest BCUT2D eigenvalue weighted by molar-refractivity contribution is 0.0998. The zero-order chi connectivity index (χ0) is 23.6. The van der Waals surface area contributed by atoms with Crippen molar-refractivity contribution in [1.82, 2.24) is 4.57 Å². The molecule has 0 radical (unpaired) electrons. The van der Waals surface area contributed by atoms with Gasteiger partial charge in [-0.15, -0.1) is 6.42 Å². The van der Waals surface area contributed by atoms with E-state index in [2.05, 4.69) is 15.6 Å². The van der Waals surface area contributed by atoms with Gasteiger partial charge in [-0.25, -0.2) is 17.2 Å². The molecule has 0 saturated carbocycles. The average Bonchev–Trinajstić information content (AvgIpc) is 3.12. The molecule has 1 N–H and O–H groups in total. The molecule has 1 heterocycles. The van der Waals surface area contributed by atoms with Gasteiger partial charge in [-0.2, -0.15) is 4.99 Å². The van der Waals surface area contributed by atoms with Gasteiger partial charge in [0, 0.05) is 11.3 Å². The molecule has 33 heavy (non-hydrogen) atoms. The fourth-order valence-corrected chi connectivity index (χ4v) is 5.20. The standard InChI is InChI=1S/C23H15F2N3O3S2/c1-2-13-28-21-19(25)7-4-8-20(21)32-23(28)26-22(29)15-5-3-6-17(14-15)27-33(30,31)18-11-9-16(24)10-12-18/h1,3-12,14,27H,13H2. The number of nitrogens with zero attached hydrogens (tertiary/aromatic N) is 2. The monoisotopic (exact) mass is 483 g/mol. The topological polar surface area (TPSA) is 80.5 Å². The minimum atomic E-state index is -3.99. The maximum absolute atomic E-state index is 14.3. The lowest BCUT2D eigenvalue weighted by atomic mass is 10.2. The van der Waals surface area contributed by atoms with Crippen LogP contribution in [0.25, 0.3) is 10.2 Å². The number of fused-ring (bicyclic) bond motifs is 1. The van der Waals surface area contributed by atoms with E-state index in [1.807, 2.05) is 0 Å². The normalized spacial score (nSPS) is 12.0. The van der Waals surface area contributed by atoms with Gasteiger partial charge in [0.05, 0.1) is 21.7 Å². The minimum absolute atomic E-state index is 0.0184. The number of thiazole rings is 1. The van der Waals surface area contributed by atoms with Crippen molar-refractivity contribution < 1.29 is 22.0 Å². The van der Waals surface area contributed by atoms with Gasteiger partial charge in [0.2, 0.25) is 0 Å². The highest BCUT2D eigenvalue weighted by Crippen LogP contribution is 2.21. The highest BCUT2D eigenvalue weighted by molar-refractivity contribution is 7.92. The maximum atomic E-state index is 14.3. The second kappa shape index (κ2) is 8.97. The molecule has 3 aromatic carbocycles. The molecule has 0 aliphatic rings.